The first-order valence-electron chi connectivity index (χ1n) is 6.35. The number of hydrogen-bond donors (Lipinski definition) is 1. The Kier molecular flexibility index (Phi) is 3.16. The first-order chi connectivity index (χ1) is 6.66. The Morgan fingerprint density at radius 3 is 2.36 bits per heavy atom. The smallest absolute Gasteiger partial charge is 0.0571 e. The Bertz CT molecular complexity index is 186. The van der Waals surface area contributed by atoms with Gasteiger partial charge in [0.1, 0.15) is 0 Å². The van der Waals surface area contributed by atoms with Crippen molar-refractivity contribution in [1.29, 1.82) is 0 Å². The van der Waals surface area contributed by atoms with E-state index in [9.17, 15) is 5.11 Å². The minimum Gasteiger partial charge on any atom is -0.393 e. The van der Waals surface area contributed by atoms with Crippen molar-refractivity contribution in [2.75, 3.05) is 0 Å². The van der Waals surface area contributed by atoms with Gasteiger partial charge in [-0.15, -0.1) is 0 Å². The molecule has 0 bridgehead atoms. The van der Waals surface area contributed by atoms with E-state index in [2.05, 4.69) is 13.8 Å². The number of aliphatic hydroxyl groups is 1. The molecule has 2 rings (SSSR count). The van der Waals surface area contributed by atoms with Crippen molar-refractivity contribution in [2.24, 2.45) is 23.7 Å². The van der Waals surface area contributed by atoms with Crippen molar-refractivity contribution in [3.63, 3.8) is 0 Å². The maximum absolute atomic E-state index is 9.89. The molecule has 2 aliphatic carbocycles. The van der Waals surface area contributed by atoms with E-state index < -0.39 is 0 Å². The molecule has 0 radical (unpaired) electrons. The van der Waals surface area contributed by atoms with Crippen LogP contribution in [0.3, 0.4) is 0 Å². The largest absolute Gasteiger partial charge is 0.393 e. The molecule has 0 amide bonds. The topological polar surface area (TPSA) is 20.2 Å². The van der Waals surface area contributed by atoms with Crippen LogP contribution in [0.15, 0.2) is 0 Å². The summed E-state index contributed by atoms with van der Waals surface area (Å²) in [6.07, 6.45) is 7.76. The molecule has 14 heavy (non-hydrogen) atoms. The Hall–Kier alpha value is -0.0400. The van der Waals surface area contributed by atoms with Crippen molar-refractivity contribution in [1.82, 2.24) is 0 Å². The van der Waals surface area contributed by atoms with Crippen molar-refractivity contribution in [3.05, 3.63) is 0 Å². The van der Waals surface area contributed by atoms with Crippen molar-refractivity contribution < 1.29 is 5.11 Å². The SMILES string of the molecule is CC1CCC(CC(O)C2CC2)CC1C. The summed E-state index contributed by atoms with van der Waals surface area (Å²) in [4.78, 5) is 0. The molecule has 1 heteroatoms. The van der Waals surface area contributed by atoms with Crippen LogP contribution in [0.4, 0.5) is 0 Å². The minimum atomic E-state index is 0.0283. The fourth-order valence-electron chi connectivity index (χ4n) is 2.89. The minimum absolute atomic E-state index is 0.0283. The van der Waals surface area contributed by atoms with Gasteiger partial charge in [-0.25, -0.2) is 0 Å². The summed E-state index contributed by atoms with van der Waals surface area (Å²) < 4.78 is 0. The zero-order valence-electron chi connectivity index (χ0n) is 9.58. The molecule has 0 heterocycles. The first-order valence-corrected chi connectivity index (χ1v) is 6.35. The summed E-state index contributed by atoms with van der Waals surface area (Å²) in [6, 6.07) is 0. The van der Waals surface area contributed by atoms with Crippen molar-refractivity contribution >= 4 is 0 Å². The molecule has 4 atom stereocenters. The maximum atomic E-state index is 9.89. The average Bonchev–Trinajstić information content (AvgIpc) is 2.94. The van der Waals surface area contributed by atoms with Gasteiger partial charge in [0.15, 0.2) is 0 Å². The highest BCUT2D eigenvalue weighted by molar-refractivity contribution is 4.84. The van der Waals surface area contributed by atoms with Crippen molar-refractivity contribution in [2.45, 2.75) is 58.5 Å². The molecular formula is C13H24O. The number of hydrogen-bond acceptors (Lipinski definition) is 1. The van der Waals surface area contributed by atoms with Crippen LogP contribution in [0.25, 0.3) is 0 Å². The molecule has 0 aromatic rings. The van der Waals surface area contributed by atoms with Gasteiger partial charge in [0.25, 0.3) is 0 Å². The van der Waals surface area contributed by atoms with Crippen molar-refractivity contribution in [3.8, 4) is 0 Å². The third-order valence-electron chi connectivity index (χ3n) is 4.45. The van der Waals surface area contributed by atoms with E-state index in [1.54, 1.807) is 0 Å². The highest BCUT2D eigenvalue weighted by atomic mass is 16.3. The normalized spacial score (nSPS) is 40.9. The summed E-state index contributed by atoms with van der Waals surface area (Å²) in [5.74, 6) is 3.27. The number of rotatable bonds is 3. The van der Waals surface area contributed by atoms with Gasteiger partial charge in [0, 0.05) is 0 Å². The second kappa shape index (κ2) is 4.22. The summed E-state index contributed by atoms with van der Waals surface area (Å²) in [5, 5.41) is 9.89. The molecule has 0 saturated heterocycles. The van der Waals surface area contributed by atoms with Crippen LogP contribution >= 0.6 is 0 Å². The van der Waals surface area contributed by atoms with Crippen LogP contribution in [-0.4, -0.2) is 11.2 Å². The van der Waals surface area contributed by atoms with E-state index in [1.165, 1.54) is 32.1 Å². The van der Waals surface area contributed by atoms with E-state index >= 15 is 0 Å². The summed E-state index contributed by atoms with van der Waals surface area (Å²) in [5.41, 5.74) is 0. The molecule has 2 saturated carbocycles. The summed E-state index contributed by atoms with van der Waals surface area (Å²) >= 11 is 0. The fraction of sp³-hybridized carbons (Fsp3) is 1.00. The van der Waals surface area contributed by atoms with Gasteiger partial charge in [0.2, 0.25) is 0 Å². The lowest BCUT2D eigenvalue weighted by Crippen LogP contribution is -2.24. The van der Waals surface area contributed by atoms with Gasteiger partial charge in [-0.1, -0.05) is 26.7 Å². The summed E-state index contributed by atoms with van der Waals surface area (Å²) in [6.45, 7) is 4.75. The standard InChI is InChI=1S/C13H24O/c1-9-3-4-11(7-10(9)2)8-13(14)12-5-6-12/h9-14H,3-8H2,1-2H3. The van der Waals surface area contributed by atoms with E-state index in [4.69, 9.17) is 0 Å². The highest BCUT2D eigenvalue weighted by Gasteiger charge is 2.33. The lowest BCUT2D eigenvalue weighted by molar-refractivity contribution is 0.0926. The highest BCUT2D eigenvalue weighted by Crippen LogP contribution is 2.40. The monoisotopic (exact) mass is 196 g/mol. The maximum Gasteiger partial charge on any atom is 0.0571 e. The molecule has 0 aliphatic heterocycles. The van der Waals surface area contributed by atoms with Gasteiger partial charge in [-0.3, -0.25) is 0 Å². The van der Waals surface area contributed by atoms with Crippen LogP contribution in [0.1, 0.15) is 52.4 Å². The first kappa shape index (κ1) is 10.5. The lowest BCUT2D eigenvalue weighted by atomic mass is 9.74. The number of aliphatic hydroxyl groups excluding tert-OH is 1. The van der Waals surface area contributed by atoms with Gasteiger partial charge >= 0.3 is 0 Å². The average molecular weight is 196 g/mol. The van der Waals surface area contributed by atoms with E-state index in [1.807, 2.05) is 0 Å². The fourth-order valence-corrected chi connectivity index (χ4v) is 2.89. The van der Waals surface area contributed by atoms with Crippen LogP contribution in [-0.2, 0) is 0 Å². The van der Waals surface area contributed by atoms with Gasteiger partial charge < -0.3 is 5.11 Å². The second-order valence-electron chi connectivity index (χ2n) is 5.77. The third-order valence-corrected chi connectivity index (χ3v) is 4.45. The Morgan fingerprint density at radius 2 is 1.79 bits per heavy atom. The molecule has 82 valence electrons. The molecule has 0 spiro atoms. The summed E-state index contributed by atoms with van der Waals surface area (Å²) in [7, 11) is 0. The quantitative estimate of drug-likeness (QED) is 0.735. The molecular weight excluding hydrogens is 172 g/mol. The van der Waals surface area contributed by atoms with E-state index in [0.717, 1.165) is 24.2 Å². The van der Waals surface area contributed by atoms with Crippen LogP contribution in [0.5, 0.6) is 0 Å². The van der Waals surface area contributed by atoms with Gasteiger partial charge in [-0.05, 0) is 49.4 Å². The molecule has 0 aromatic carbocycles. The van der Waals surface area contributed by atoms with Crippen LogP contribution in [0.2, 0.25) is 0 Å². The zero-order valence-corrected chi connectivity index (χ0v) is 9.58. The lowest BCUT2D eigenvalue weighted by Gasteiger charge is -2.33. The predicted molar refractivity (Wildman–Crippen MR) is 59.0 cm³/mol. The van der Waals surface area contributed by atoms with E-state index in [0.29, 0.717) is 5.92 Å². The van der Waals surface area contributed by atoms with Gasteiger partial charge in [-0.2, -0.15) is 0 Å². The molecule has 2 fully saturated rings. The van der Waals surface area contributed by atoms with Crippen LogP contribution in [0, 0.1) is 23.7 Å². The molecule has 1 N–H and O–H groups in total. The van der Waals surface area contributed by atoms with Crippen LogP contribution < -0.4 is 0 Å². The Balaban J connectivity index is 1.75. The molecule has 2 aliphatic rings. The Morgan fingerprint density at radius 1 is 1.07 bits per heavy atom. The molecule has 1 nitrogen and oxygen atoms in total. The molecule has 4 unspecified atom stereocenters. The predicted octanol–water partition coefficient (Wildman–Crippen LogP) is 3.22. The van der Waals surface area contributed by atoms with Gasteiger partial charge in [0.05, 0.1) is 6.10 Å². The zero-order chi connectivity index (χ0) is 10.1. The van der Waals surface area contributed by atoms with E-state index in [-0.39, 0.29) is 6.10 Å². The Labute approximate surface area is 87.9 Å². The second-order valence-corrected chi connectivity index (χ2v) is 5.77. The molecule has 0 aromatic heterocycles. The third kappa shape index (κ3) is 2.50.